The number of hydrogen-bond acceptors (Lipinski definition) is 7. The van der Waals surface area contributed by atoms with Crippen LogP contribution in [0, 0.1) is 0 Å². The minimum absolute atomic E-state index is 0.451. The van der Waals surface area contributed by atoms with Crippen LogP contribution in [0.25, 0.3) is 22.0 Å². The Morgan fingerprint density at radius 3 is 2.51 bits per heavy atom. The number of morpholine rings is 1. The summed E-state index contributed by atoms with van der Waals surface area (Å²) >= 11 is 0. The fourth-order valence-corrected chi connectivity index (χ4v) is 4.55. The number of ether oxygens (including phenoxy) is 1. The first-order valence-corrected chi connectivity index (χ1v) is 12.8. The van der Waals surface area contributed by atoms with E-state index in [-0.39, 0.29) is 0 Å². The van der Waals surface area contributed by atoms with Gasteiger partial charge in [-0.05, 0) is 42.0 Å². The van der Waals surface area contributed by atoms with E-state index >= 15 is 0 Å². The molecule has 0 atom stereocenters. The average molecular weight is 488 g/mol. The quantitative estimate of drug-likeness (QED) is 0.388. The zero-order valence-electron chi connectivity index (χ0n) is 19.0. The summed E-state index contributed by atoms with van der Waals surface area (Å²) in [7, 11) is -3.60. The summed E-state index contributed by atoms with van der Waals surface area (Å²) in [6, 6.07) is 21.2. The van der Waals surface area contributed by atoms with E-state index in [0.717, 1.165) is 65.1 Å². The summed E-state index contributed by atoms with van der Waals surface area (Å²) in [5.41, 5.74) is 4.97. The fraction of sp³-hybridized carbons (Fsp3) is 0.154. The molecule has 2 heterocycles. The topological polar surface area (TPSA) is 96.5 Å². The number of fused-ring (bicyclic) bond motifs is 1. The molecule has 1 saturated heterocycles. The molecule has 3 aromatic carbocycles. The Morgan fingerprint density at radius 2 is 1.74 bits per heavy atom. The Labute approximate surface area is 204 Å². The molecular formula is C26H25N5O3S. The van der Waals surface area contributed by atoms with E-state index in [4.69, 9.17) is 9.72 Å². The van der Waals surface area contributed by atoms with Gasteiger partial charge in [0.15, 0.2) is 0 Å². The number of nitrogens with one attached hydrogen (secondary N) is 2. The lowest BCUT2D eigenvalue weighted by Crippen LogP contribution is -2.36. The number of rotatable bonds is 7. The summed E-state index contributed by atoms with van der Waals surface area (Å²) in [5, 5.41) is 5.05. The van der Waals surface area contributed by atoms with Crippen molar-refractivity contribution >= 4 is 43.9 Å². The van der Waals surface area contributed by atoms with E-state index in [2.05, 4.69) is 38.6 Å². The summed E-state index contributed by atoms with van der Waals surface area (Å²) in [5.74, 6) is 0.479. The van der Waals surface area contributed by atoms with Crippen molar-refractivity contribution in [1.82, 2.24) is 9.97 Å². The van der Waals surface area contributed by atoms with Crippen molar-refractivity contribution in [3.05, 3.63) is 84.9 Å². The van der Waals surface area contributed by atoms with E-state index in [9.17, 15) is 8.42 Å². The highest BCUT2D eigenvalue weighted by Gasteiger charge is 2.12. The molecule has 178 valence electrons. The Morgan fingerprint density at radius 1 is 0.971 bits per heavy atom. The summed E-state index contributed by atoms with van der Waals surface area (Å²) in [4.78, 5) is 11.6. The third-order valence-electron chi connectivity index (χ3n) is 5.76. The number of sulfonamides is 1. The number of hydrogen-bond donors (Lipinski definition) is 2. The van der Waals surface area contributed by atoms with E-state index in [0.29, 0.717) is 11.6 Å². The molecule has 0 spiro atoms. The maximum absolute atomic E-state index is 11.9. The van der Waals surface area contributed by atoms with Crippen LogP contribution in [0.3, 0.4) is 0 Å². The van der Waals surface area contributed by atoms with Crippen LogP contribution >= 0.6 is 0 Å². The van der Waals surface area contributed by atoms with Crippen LogP contribution in [0.2, 0.25) is 0 Å². The first-order chi connectivity index (χ1) is 17.0. The molecular weight excluding hydrogens is 462 g/mol. The number of aromatic nitrogens is 2. The molecule has 1 aliphatic heterocycles. The number of nitrogens with zero attached hydrogens (tertiary/aromatic N) is 3. The standard InChI is InChI=1S/C26H25N5O3S/c1-2-35(32,33)30-22-7-3-5-19(17-22)24-8-4-6-20-18-27-26(29-25(20)24)28-21-9-11-23(12-10-21)31-13-15-34-16-14-31/h2-12,17-18,30H,1,13-16H2,(H,27,28,29). The maximum atomic E-state index is 11.9. The second-order valence-electron chi connectivity index (χ2n) is 8.10. The smallest absolute Gasteiger partial charge is 0.254 e. The van der Waals surface area contributed by atoms with Crippen molar-refractivity contribution in [1.29, 1.82) is 0 Å². The van der Waals surface area contributed by atoms with Gasteiger partial charge in [-0.15, -0.1) is 0 Å². The Balaban J connectivity index is 1.42. The van der Waals surface area contributed by atoms with E-state index < -0.39 is 10.0 Å². The van der Waals surface area contributed by atoms with Gasteiger partial charge in [0.1, 0.15) is 0 Å². The molecule has 35 heavy (non-hydrogen) atoms. The van der Waals surface area contributed by atoms with Crippen LogP contribution in [0.1, 0.15) is 0 Å². The van der Waals surface area contributed by atoms with Crippen LogP contribution in [0.4, 0.5) is 23.0 Å². The second-order valence-corrected chi connectivity index (χ2v) is 9.73. The van der Waals surface area contributed by atoms with Crippen LogP contribution < -0.4 is 14.9 Å². The SMILES string of the molecule is C=CS(=O)(=O)Nc1cccc(-c2cccc3cnc(Nc4ccc(N5CCOCC5)cc4)nc23)c1. The molecule has 1 fully saturated rings. The van der Waals surface area contributed by atoms with Gasteiger partial charge < -0.3 is 15.0 Å². The van der Waals surface area contributed by atoms with E-state index in [1.165, 1.54) is 0 Å². The lowest BCUT2D eigenvalue weighted by atomic mass is 10.0. The molecule has 9 heteroatoms. The Kier molecular flexibility index (Phi) is 6.35. The van der Waals surface area contributed by atoms with Crippen LogP contribution in [0.5, 0.6) is 0 Å². The van der Waals surface area contributed by atoms with Gasteiger partial charge in [-0.3, -0.25) is 4.72 Å². The van der Waals surface area contributed by atoms with Gasteiger partial charge in [-0.1, -0.05) is 36.9 Å². The predicted molar refractivity (Wildman–Crippen MR) is 140 cm³/mol. The normalized spacial score (nSPS) is 14.0. The van der Waals surface area contributed by atoms with Gasteiger partial charge in [0.05, 0.1) is 18.7 Å². The summed E-state index contributed by atoms with van der Waals surface area (Å²) in [6.45, 7) is 6.61. The lowest BCUT2D eigenvalue weighted by molar-refractivity contribution is 0.122. The van der Waals surface area contributed by atoms with Crippen molar-refractivity contribution < 1.29 is 13.2 Å². The van der Waals surface area contributed by atoms with Crippen molar-refractivity contribution in [2.75, 3.05) is 41.2 Å². The van der Waals surface area contributed by atoms with Gasteiger partial charge >= 0.3 is 0 Å². The molecule has 8 nitrogen and oxygen atoms in total. The van der Waals surface area contributed by atoms with Crippen LogP contribution in [-0.2, 0) is 14.8 Å². The molecule has 0 bridgehead atoms. The van der Waals surface area contributed by atoms with Gasteiger partial charge in [0.2, 0.25) is 5.95 Å². The van der Waals surface area contributed by atoms with Crippen molar-refractivity contribution in [3.8, 4) is 11.1 Å². The highest BCUT2D eigenvalue weighted by atomic mass is 32.2. The van der Waals surface area contributed by atoms with Gasteiger partial charge in [-0.25, -0.2) is 18.4 Å². The van der Waals surface area contributed by atoms with Gasteiger partial charge in [0, 0.05) is 52.7 Å². The van der Waals surface area contributed by atoms with Gasteiger partial charge in [-0.2, -0.15) is 0 Å². The maximum Gasteiger partial charge on any atom is 0.254 e. The number of benzene rings is 3. The minimum Gasteiger partial charge on any atom is -0.378 e. The summed E-state index contributed by atoms with van der Waals surface area (Å²) < 4.78 is 31.7. The second kappa shape index (κ2) is 9.73. The molecule has 1 aromatic heterocycles. The molecule has 0 radical (unpaired) electrons. The third kappa shape index (κ3) is 5.26. The summed E-state index contributed by atoms with van der Waals surface area (Å²) in [6.07, 6.45) is 1.78. The predicted octanol–water partition coefficient (Wildman–Crippen LogP) is 4.76. The molecule has 2 N–H and O–H groups in total. The monoisotopic (exact) mass is 487 g/mol. The van der Waals surface area contributed by atoms with E-state index in [1.54, 1.807) is 24.4 Å². The Bertz CT molecular complexity index is 1470. The fourth-order valence-electron chi connectivity index (χ4n) is 4.01. The van der Waals surface area contributed by atoms with Crippen LogP contribution in [-0.4, -0.2) is 44.7 Å². The third-order valence-corrected chi connectivity index (χ3v) is 6.72. The first-order valence-electron chi connectivity index (χ1n) is 11.2. The minimum atomic E-state index is -3.60. The first kappa shape index (κ1) is 22.8. The van der Waals surface area contributed by atoms with E-state index in [1.807, 2.05) is 36.4 Å². The molecule has 5 rings (SSSR count). The molecule has 1 aliphatic rings. The largest absolute Gasteiger partial charge is 0.378 e. The number of para-hydroxylation sites is 1. The molecule has 4 aromatic rings. The Hall–Kier alpha value is -3.95. The number of anilines is 4. The highest BCUT2D eigenvalue weighted by molar-refractivity contribution is 7.95. The molecule has 0 amide bonds. The van der Waals surface area contributed by atoms with Crippen molar-refractivity contribution in [2.24, 2.45) is 0 Å². The molecule has 0 saturated carbocycles. The zero-order chi connectivity index (χ0) is 24.3. The zero-order valence-corrected chi connectivity index (χ0v) is 19.8. The van der Waals surface area contributed by atoms with Gasteiger partial charge in [0.25, 0.3) is 10.0 Å². The van der Waals surface area contributed by atoms with Crippen molar-refractivity contribution in [3.63, 3.8) is 0 Å². The molecule has 0 unspecified atom stereocenters. The van der Waals surface area contributed by atoms with Crippen LogP contribution in [0.15, 0.2) is 84.9 Å². The highest BCUT2D eigenvalue weighted by Crippen LogP contribution is 2.30. The average Bonchev–Trinajstić information content (AvgIpc) is 2.89. The molecule has 0 aliphatic carbocycles. The lowest BCUT2D eigenvalue weighted by Gasteiger charge is -2.28. The van der Waals surface area contributed by atoms with Crippen molar-refractivity contribution in [2.45, 2.75) is 0 Å².